The van der Waals surface area contributed by atoms with Crippen molar-refractivity contribution in [1.82, 2.24) is 0 Å². The first-order chi connectivity index (χ1) is 15.7. The first-order valence-corrected chi connectivity index (χ1v) is 12.8. The minimum absolute atomic E-state index is 0.338. The molecule has 3 nitrogen and oxygen atoms in total. The molecule has 0 saturated carbocycles. The summed E-state index contributed by atoms with van der Waals surface area (Å²) in [6.07, 6.45) is 16.4. The van der Waals surface area contributed by atoms with Gasteiger partial charge in [0.25, 0.3) is 0 Å². The van der Waals surface area contributed by atoms with Gasteiger partial charge in [0, 0.05) is 0 Å². The summed E-state index contributed by atoms with van der Waals surface area (Å²) in [5, 5.41) is 0. The van der Waals surface area contributed by atoms with Crippen LogP contribution in [-0.4, -0.2) is 12.6 Å². The minimum atomic E-state index is -0.338. The molecule has 0 heterocycles. The standard InChI is InChI=1S/C29H42O3/c1-3-5-7-9-10-11-12-14-24-31-27-22-18-26(19-23-27)29(30)32-28-20-16-25(17-21-28)15-13-8-6-4-2/h16-23H,3-15,24H2,1-2H3. The van der Waals surface area contributed by atoms with Crippen molar-refractivity contribution in [2.24, 2.45) is 0 Å². The van der Waals surface area contributed by atoms with Crippen LogP contribution in [0.15, 0.2) is 48.5 Å². The van der Waals surface area contributed by atoms with Gasteiger partial charge in [0.15, 0.2) is 0 Å². The zero-order chi connectivity index (χ0) is 22.9. The Morgan fingerprint density at radius 2 is 1.16 bits per heavy atom. The molecular formula is C29H42O3. The second kappa shape index (κ2) is 16.4. The molecular weight excluding hydrogens is 396 g/mol. The van der Waals surface area contributed by atoms with E-state index < -0.39 is 0 Å². The molecule has 0 saturated heterocycles. The van der Waals surface area contributed by atoms with Crippen LogP contribution in [-0.2, 0) is 6.42 Å². The number of carbonyl (C=O) groups is 1. The molecule has 0 amide bonds. The van der Waals surface area contributed by atoms with Gasteiger partial charge in [0.1, 0.15) is 11.5 Å². The van der Waals surface area contributed by atoms with Crippen molar-refractivity contribution in [2.45, 2.75) is 97.3 Å². The normalized spacial score (nSPS) is 10.8. The van der Waals surface area contributed by atoms with Gasteiger partial charge in [0.05, 0.1) is 12.2 Å². The van der Waals surface area contributed by atoms with Crippen molar-refractivity contribution in [3.05, 3.63) is 59.7 Å². The zero-order valence-corrected chi connectivity index (χ0v) is 20.2. The van der Waals surface area contributed by atoms with Gasteiger partial charge < -0.3 is 9.47 Å². The predicted octanol–water partition coefficient (Wildman–Crippen LogP) is 8.55. The fourth-order valence-corrected chi connectivity index (χ4v) is 3.76. The van der Waals surface area contributed by atoms with Crippen LogP contribution in [0.3, 0.4) is 0 Å². The summed E-state index contributed by atoms with van der Waals surface area (Å²) in [7, 11) is 0. The molecule has 0 bridgehead atoms. The lowest BCUT2D eigenvalue weighted by Gasteiger charge is -2.08. The van der Waals surface area contributed by atoms with Crippen LogP contribution >= 0.6 is 0 Å². The van der Waals surface area contributed by atoms with Gasteiger partial charge in [-0.15, -0.1) is 0 Å². The van der Waals surface area contributed by atoms with Crippen molar-refractivity contribution in [3.8, 4) is 11.5 Å². The van der Waals surface area contributed by atoms with E-state index in [1.54, 1.807) is 12.1 Å². The van der Waals surface area contributed by atoms with Crippen LogP contribution in [0.1, 0.15) is 107 Å². The molecule has 0 spiro atoms. The third-order valence-electron chi connectivity index (χ3n) is 5.81. The van der Waals surface area contributed by atoms with E-state index in [1.165, 1.54) is 76.2 Å². The van der Waals surface area contributed by atoms with Gasteiger partial charge in [-0.25, -0.2) is 4.79 Å². The van der Waals surface area contributed by atoms with E-state index in [2.05, 4.69) is 26.0 Å². The number of hydrogen-bond acceptors (Lipinski definition) is 3. The Bertz CT molecular complexity index is 734. The van der Waals surface area contributed by atoms with E-state index in [1.807, 2.05) is 24.3 Å². The van der Waals surface area contributed by atoms with E-state index in [4.69, 9.17) is 9.47 Å². The Kier molecular flexibility index (Phi) is 13.3. The Labute approximate surface area is 195 Å². The number of rotatable bonds is 17. The predicted molar refractivity (Wildman–Crippen MR) is 134 cm³/mol. The molecule has 0 fully saturated rings. The number of carbonyl (C=O) groups excluding carboxylic acids is 1. The fraction of sp³-hybridized carbons (Fsp3) is 0.552. The molecule has 0 aliphatic rings. The molecule has 176 valence electrons. The third-order valence-corrected chi connectivity index (χ3v) is 5.81. The average Bonchev–Trinajstić information content (AvgIpc) is 2.82. The highest BCUT2D eigenvalue weighted by Crippen LogP contribution is 2.18. The van der Waals surface area contributed by atoms with Crippen molar-refractivity contribution in [2.75, 3.05) is 6.61 Å². The summed E-state index contributed by atoms with van der Waals surface area (Å²) in [6.45, 7) is 5.20. The maximum atomic E-state index is 12.4. The summed E-state index contributed by atoms with van der Waals surface area (Å²) in [5.74, 6) is 1.05. The van der Waals surface area contributed by atoms with Crippen LogP contribution in [0.25, 0.3) is 0 Å². The van der Waals surface area contributed by atoms with E-state index in [0.717, 1.165) is 25.2 Å². The number of benzene rings is 2. The highest BCUT2D eigenvalue weighted by molar-refractivity contribution is 5.91. The smallest absolute Gasteiger partial charge is 0.343 e. The molecule has 0 N–H and O–H groups in total. The monoisotopic (exact) mass is 438 g/mol. The number of unbranched alkanes of at least 4 members (excludes halogenated alkanes) is 10. The quantitative estimate of drug-likeness (QED) is 0.141. The van der Waals surface area contributed by atoms with E-state index >= 15 is 0 Å². The Balaban J connectivity index is 1.65. The molecule has 2 aromatic rings. The first-order valence-electron chi connectivity index (χ1n) is 12.8. The SMILES string of the molecule is CCCCCCCCCCOc1ccc(C(=O)Oc2ccc(CCCCCC)cc2)cc1. The second-order valence-corrected chi connectivity index (χ2v) is 8.69. The number of esters is 1. The van der Waals surface area contributed by atoms with E-state index in [9.17, 15) is 4.79 Å². The van der Waals surface area contributed by atoms with Crippen molar-refractivity contribution in [3.63, 3.8) is 0 Å². The number of hydrogen-bond donors (Lipinski definition) is 0. The van der Waals surface area contributed by atoms with Gasteiger partial charge in [-0.2, -0.15) is 0 Å². The van der Waals surface area contributed by atoms with Gasteiger partial charge in [-0.05, 0) is 61.2 Å². The topological polar surface area (TPSA) is 35.5 Å². The Morgan fingerprint density at radius 1 is 0.625 bits per heavy atom. The highest BCUT2D eigenvalue weighted by atomic mass is 16.5. The molecule has 0 radical (unpaired) electrons. The summed E-state index contributed by atoms with van der Waals surface area (Å²) in [5.41, 5.74) is 1.83. The molecule has 2 aromatic carbocycles. The van der Waals surface area contributed by atoms with Gasteiger partial charge >= 0.3 is 5.97 Å². The Morgan fingerprint density at radius 3 is 1.78 bits per heavy atom. The molecule has 0 atom stereocenters. The third kappa shape index (κ3) is 10.8. The first kappa shape index (κ1) is 26.0. The van der Waals surface area contributed by atoms with Crippen LogP contribution in [0.2, 0.25) is 0 Å². The molecule has 3 heteroatoms. The van der Waals surface area contributed by atoms with Gasteiger partial charge in [-0.1, -0.05) is 90.2 Å². The van der Waals surface area contributed by atoms with Gasteiger partial charge in [0.2, 0.25) is 0 Å². The zero-order valence-electron chi connectivity index (χ0n) is 20.2. The van der Waals surface area contributed by atoms with Gasteiger partial charge in [-0.3, -0.25) is 0 Å². The van der Waals surface area contributed by atoms with Crippen molar-refractivity contribution in [1.29, 1.82) is 0 Å². The van der Waals surface area contributed by atoms with Crippen LogP contribution in [0, 0.1) is 0 Å². The largest absolute Gasteiger partial charge is 0.494 e. The maximum absolute atomic E-state index is 12.4. The minimum Gasteiger partial charge on any atom is -0.494 e. The average molecular weight is 439 g/mol. The molecule has 0 unspecified atom stereocenters. The second-order valence-electron chi connectivity index (χ2n) is 8.69. The number of aryl methyl sites for hydroxylation is 1. The van der Waals surface area contributed by atoms with E-state index in [-0.39, 0.29) is 5.97 Å². The molecule has 32 heavy (non-hydrogen) atoms. The van der Waals surface area contributed by atoms with Crippen molar-refractivity contribution >= 4 is 5.97 Å². The summed E-state index contributed by atoms with van der Waals surface area (Å²) in [4.78, 5) is 12.4. The molecule has 0 aromatic heterocycles. The fourth-order valence-electron chi connectivity index (χ4n) is 3.76. The summed E-state index contributed by atoms with van der Waals surface area (Å²) in [6, 6.07) is 15.1. The lowest BCUT2D eigenvalue weighted by Crippen LogP contribution is -2.08. The van der Waals surface area contributed by atoms with E-state index in [0.29, 0.717) is 11.3 Å². The highest BCUT2D eigenvalue weighted by Gasteiger charge is 2.09. The molecule has 0 aliphatic carbocycles. The van der Waals surface area contributed by atoms with Crippen LogP contribution in [0.5, 0.6) is 11.5 Å². The lowest BCUT2D eigenvalue weighted by molar-refractivity contribution is 0.0734. The summed E-state index contributed by atoms with van der Waals surface area (Å²) < 4.78 is 11.3. The van der Waals surface area contributed by atoms with Crippen LogP contribution in [0.4, 0.5) is 0 Å². The van der Waals surface area contributed by atoms with Crippen molar-refractivity contribution < 1.29 is 14.3 Å². The van der Waals surface area contributed by atoms with Crippen LogP contribution < -0.4 is 9.47 Å². The Hall–Kier alpha value is -2.29. The molecule has 2 rings (SSSR count). The summed E-state index contributed by atoms with van der Waals surface area (Å²) >= 11 is 0. The lowest BCUT2D eigenvalue weighted by atomic mass is 10.1. The number of ether oxygens (including phenoxy) is 2. The maximum Gasteiger partial charge on any atom is 0.343 e. The molecule has 0 aliphatic heterocycles.